The summed E-state index contributed by atoms with van der Waals surface area (Å²) in [5.74, 6) is -0.956. The summed E-state index contributed by atoms with van der Waals surface area (Å²) in [5.41, 5.74) is 0.592. The lowest BCUT2D eigenvalue weighted by atomic mass is 10.0. The first kappa shape index (κ1) is 24.8. The molecule has 4 N–H and O–H groups in total. The number of carbonyl (C=O) groups excluding carboxylic acids is 1. The number of fused-ring (bicyclic) bond motifs is 1. The van der Waals surface area contributed by atoms with Crippen LogP contribution in [0, 0.1) is 6.92 Å². The van der Waals surface area contributed by atoms with Crippen LogP contribution in [0.1, 0.15) is 31.9 Å². The smallest absolute Gasteiger partial charge is 0.416 e. The number of carbonyl (C=O) groups is 1. The fraction of sp³-hybridized carbons (Fsp3) is 0.211. The van der Waals surface area contributed by atoms with E-state index in [-0.39, 0.29) is 43.6 Å². The van der Waals surface area contributed by atoms with E-state index in [1.165, 1.54) is 31.2 Å². The summed E-state index contributed by atoms with van der Waals surface area (Å²) >= 11 is 3.49. The van der Waals surface area contributed by atoms with Gasteiger partial charge in [0, 0.05) is 15.4 Å². The van der Waals surface area contributed by atoms with Crippen molar-refractivity contribution in [3.63, 3.8) is 0 Å². The van der Waals surface area contributed by atoms with Gasteiger partial charge in [0.1, 0.15) is 12.4 Å². The van der Waals surface area contributed by atoms with Gasteiger partial charge in [-0.1, -0.05) is 12.1 Å². The van der Waals surface area contributed by atoms with Crippen LogP contribution in [0.2, 0.25) is 0 Å². The highest BCUT2D eigenvalue weighted by atomic mass is 79.9. The van der Waals surface area contributed by atoms with Crippen molar-refractivity contribution in [2.75, 3.05) is 0 Å². The van der Waals surface area contributed by atoms with Gasteiger partial charge in [-0.15, -0.1) is 11.3 Å². The van der Waals surface area contributed by atoms with E-state index in [1.54, 1.807) is 0 Å². The summed E-state index contributed by atoms with van der Waals surface area (Å²) in [6, 6.07) is 6.04. The predicted molar refractivity (Wildman–Crippen MR) is 114 cm³/mol. The largest absolute Gasteiger partial charge is 0.487 e. The molecule has 0 atom stereocenters. The average Bonchev–Trinajstić information content (AvgIpc) is 3.03. The van der Waals surface area contributed by atoms with Gasteiger partial charge in [0.2, 0.25) is 14.3 Å². The van der Waals surface area contributed by atoms with E-state index in [1.807, 2.05) is 0 Å². The zero-order valence-corrected chi connectivity index (χ0v) is 19.3. The molecule has 1 aromatic heterocycles. The lowest BCUT2D eigenvalue weighted by molar-refractivity contribution is -0.138. The van der Waals surface area contributed by atoms with Crippen LogP contribution >= 0.6 is 35.6 Å². The third kappa shape index (κ3) is 4.74. The van der Waals surface area contributed by atoms with Crippen molar-refractivity contribution in [1.29, 1.82) is 0 Å². The summed E-state index contributed by atoms with van der Waals surface area (Å²) in [6.07, 6.45) is -4.56. The van der Waals surface area contributed by atoms with Crippen LogP contribution < -0.4 is 10.5 Å². The summed E-state index contributed by atoms with van der Waals surface area (Å²) in [5, 5.41) is 0.104. The maximum absolute atomic E-state index is 14.3. The number of primary amides is 1. The molecule has 0 aliphatic heterocycles. The zero-order valence-electron chi connectivity index (χ0n) is 16.0. The van der Waals surface area contributed by atoms with Gasteiger partial charge in [-0.2, -0.15) is 22.0 Å². The number of thiophene rings is 1. The Labute approximate surface area is 191 Å². The van der Waals surface area contributed by atoms with Crippen molar-refractivity contribution in [2.24, 2.45) is 5.73 Å². The molecule has 0 unspecified atom stereocenters. The number of alkyl halides is 5. The van der Waals surface area contributed by atoms with Crippen LogP contribution in [0.15, 0.2) is 34.8 Å². The van der Waals surface area contributed by atoms with Crippen molar-refractivity contribution >= 4 is 51.6 Å². The van der Waals surface area contributed by atoms with E-state index in [0.717, 1.165) is 6.07 Å². The third-order valence-electron chi connectivity index (χ3n) is 4.51. The van der Waals surface area contributed by atoms with E-state index in [2.05, 4.69) is 15.9 Å². The molecule has 172 valence electrons. The quantitative estimate of drug-likeness (QED) is 0.255. The second kappa shape index (κ2) is 8.83. The summed E-state index contributed by atoms with van der Waals surface area (Å²) in [6.45, 7) is 0.962. The minimum Gasteiger partial charge on any atom is -0.487 e. The van der Waals surface area contributed by atoms with Crippen molar-refractivity contribution in [3.05, 3.63) is 61.9 Å². The van der Waals surface area contributed by atoms with Crippen molar-refractivity contribution in [3.8, 4) is 5.75 Å². The number of hydrogen-bond donors (Lipinski definition) is 3. The lowest BCUT2D eigenvalue weighted by Crippen LogP contribution is -2.11. The highest BCUT2D eigenvalue weighted by Crippen LogP contribution is 2.58. The highest BCUT2D eigenvalue weighted by molar-refractivity contribution is 9.10. The number of hydrogen-bond acceptors (Lipinski definition) is 5. The second-order valence-electron chi connectivity index (χ2n) is 6.73. The molecular formula is C19H14BrF5NO4PS. The van der Waals surface area contributed by atoms with Gasteiger partial charge in [0.15, 0.2) is 0 Å². The fourth-order valence-electron chi connectivity index (χ4n) is 2.90. The van der Waals surface area contributed by atoms with Gasteiger partial charge >= 0.3 is 11.8 Å². The molecule has 1 amide bonds. The van der Waals surface area contributed by atoms with Gasteiger partial charge in [-0.3, -0.25) is 4.79 Å². The van der Waals surface area contributed by atoms with E-state index < -0.39 is 36.6 Å². The molecule has 0 saturated heterocycles. The first-order valence-electron chi connectivity index (χ1n) is 8.65. The molecule has 0 fully saturated rings. The van der Waals surface area contributed by atoms with Crippen molar-refractivity contribution < 1.29 is 41.3 Å². The Morgan fingerprint density at radius 1 is 1.19 bits per heavy atom. The maximum atomic E-state index is 14.3. The van der Waals surface area contributed by atoms with Crippen LogP contribution in [0.25, 0.3) is 10.1 Å². The molecule has 0 aliphatic rings. The van der Waals surface area contributed by atoms with Crippen molar-refractivity contribution in [2.45, 2.75) is 25.4 Å². The van der Waals surface area contributed by atoms with E-state index >= 15 is 0 Å². The molecule has 1 heterocycles. The van der Waals surface area contributed by atoms with Crippen LogP contribution in [0.3, 0.4) is 0 Å². The average molecular weight is 558 g/mol. The van der Waals surface area contributed by atoms with E-state index in [4.69, 9.17) is 20.3 Å². The Morgan fingerprint density at radius 2 is 1.84 bits per heavy atom. The molecule has 0 saturated carbocycles. The van der Waals surface area contributed by atoms with Gasteiger partial charge in [0.05, 0.1) is 15.1 Å². The van der Waals surface area contributed by atoms with Crippen LogP contribution in [0.4, 0.5) is 22.0 Å². The summed E-state index contributed by atoms with van der Waals surface area (Å²) in [4.78, 5) is 29.2. The fourth-order valence-corrected chi connectivity index (χ4v) is 5.68. The monoisotopic (exact) mass is 557 g/mol. The Bertz CT molecular complexity index is 1200. The molecule has 3 rings (SSSR count). The number of rotatable bonds is 6. The maximum Gasteiger partial charge on any atom is 0.416 e. The number of ether oxygens (including phenoxy) is 1. The molecule has 0 radical (unpaired) electrons. The minimum atomic E-state index is -4.56. The second-order valence-corrected chi connectivity index (χ2v) is 9.68. The SMILES string of the molecule is Cc1ccc(COc2cc(C(N)=O)cc3c(Br)c(C(F)(F)P(O)O)sc23)cc1C(F)(F)F. The molecule has 32 heavy (non-hydrogen) atoms. The predicted octanol–water partition coefficient (Wildman–Crippen LogP) is 6.01. The molecule has 0 aliphatic carbocycles. The number of halogens is 6. The topological polar surface area (TPSA) is 92.8 Å². The molecular weight excluding hydrogens is 544 g/mol. The minimum absolute atomic E-state index is 0.0259. The zero-order chi connectivity index (χ0) is 24.0. The molecule has 13 heteroatoms. The molecule has 0 bridgehead atoms. The molecule has 3 aromatic rings. The number of nitrogens with two attached hydrogens (primary N) is 1. The first-order chi connectivity index (χ1) is 14.7. The van der Waals surface area contributed by atoms with Gasteiger partial charge in [0.25, 0.3) is 0 Å². The van der Waals surface area contributed by atoms with Crippen LogP contribution in [-0.4, -0.2) is 15.7 Å². The van der Waals surface area contributed by atoms with Crippen molar-refractivity contribution in [1.82, 2.24) is 0 Å². The highest BCUT2D eigenvalue weighted by Gasteiger charge is 2.45. The lowest BCUT2D eigenvalue weighted by Gasteiger charge is -2.15. The number of amides is 1. The van der Waals surface area contributed by atoms with Gasteiger partial charge in [-0.25, -0.2) is 0 Å². The van der Waals surface area contributed by atoms with E-state index in [9.17, 15) is 26.7 Å². The summed E-state index contributed by atoms with van der Waals surface area (Å²) < 4.78 is 73.6. The molecule has 2 aromatic carbocycles. The molecule has 5 nitrogen and oxygen atoms in total. The Hall–Kier alpha value is -1.85. The molecule has 0 spiro atoms. The number of aryl methyl sites for hydroxylation is 1. The van der Waals surface area contributed by atoms with E-state index in [0.29, 0.717) is 11.3 Å². The van der Waals surface area contributed by atoms with Gasteiger partial charge < -0.3 is 20.3 Å². The Morgan fingerprint density at radius 3 is 2.41 bits per heavy atom. The van der Waals surface area contributed by atoms with Gasteiger partial charge in [-0.05, 0) is 52.2 Å². The standard InChI is InChI=1S/C19H14BrF5NO4PS/c1-8-2-3-9(4-12(8)18(21,22)23)7-30-13-6-10(17(26)27)5-11-14(20)16(32-15(11)13)19(24,25)31(28)29/h2-6,28-29H,7H2,1H3,(H2,26,27). The number of benzene rings is 2. The van der Waals surface area contributed by atoms with Crippen LogP contribution in [0.5, 0.6) is 5.75 Å². The normalized spacial score (nSPS) is 12.6. The van der Waals surface area contributed by atoms with Crippen LogP contribution in [-0.2, 0) is 18.4 Å². The third-order valence-corrected chi connectivity index (χ3v) is 7.76. The Balaban J connectivity index is 2.07. The Kier molecular flexibility index (Phi) is 6.84. The first-order valence-corrected chi connectivity index (χ1v) is 11.5. The summed E-state index contributed by atoms with van der Waals surface area (Å²) in [7, 11) is -3.66.